The minimum Gasteiger partial charge on any atom is -0.346 e. The van der Waals surface area contributed by atoms with Gasteiger partial charge in [-0.25, -0.2) is 4.68 Å². The van der Waals surface area contributed by atoms with Gasteiger partial charge in [-0.2, -0.15) is 0 Å². The van der Waals surface area contributed by atoms with Gasteiger partial charge in [-0.1, -0.05) is 56.9 Å². The van der Waals surface area contributed by atoms with Crippen LogP contribution < -0.4 is 5.32 Å². The van der Waals surface area contributed by atoms with E-state index in [0.29, 0.717) is 5.95 Å². The summed E-state index contributed by atoms with van der Waals surface area (Å²) in [6.07, 6.45) is 0.862. The molecule has 5 nitrogen and oxygen atoms in total. The molecule has 4 rings (SSSR count). The molecule has 1 aromatic heterocycles. The molecular formula is C16H13BrClN5. The molecule has 0 fully saturated rings. The van der Waals surface area contributed by atoms with Gasteiger partial charge in [-0.15, -0.1) is 0 Å². The molecule has 0 aliphatic carbocycles. The van der Waals surface area contributed by atoms with Crippen LogP contribution in [0.5, 0.6) is 0 Å². The Kier molecular flexibility index (Phi) is 3.79. The largest absolute Gasteiger partial charge is 0.346 e. The number of halogens is 2. The zero-order chi connectivity index (χ0) is 15.8. The highest BCUT2D eigenvalue weighted by molar-refractivity contribution is 9.10. The molecule has 0 bridgehead atoms. The molecule has 0 saturated carbocycles. The van der Waals surface area contributed by atoms with Gasteiger partial charge >= 0.3 is 0 Å². The second-order valence-electron chi connectivity index (χ2n) is 5.50. The fourth-order valence-electron chi connectivity index (χ4n) is 2.91. The average Bonchev–Trinajstić information content (AvgIpc) is 3.04. The van der Waals surface area contributed by atoms with Gasteiger partial charge < -0.3 is 5.32 Å². The lowest BCUT2D eigenvalue weighted by molar-refractivity contribution is 0.424. The average molecular weight is 391 g/mol. The molecule has 23 heavy (non-hydrogen) atoms. The number of hydrogen-bond acceptors (Lipinski definition) is 4. The Morgan fingerprint density at radius 3 is 2.48 bits per heavy atom. The van der Waals surface area contributed by atoms with Crippen molar-refractivity contribution in [1.29, 1.82) is 0 Å². The third-order valence-electron chi connectivity index (χ3n) is 4.08. The van der Waals surface area contributed by atoms with Crippen molar-refractivity contribution in [3.05, 3.63) is 69.2 Å². The van der Waals surface area contributed by atoms with Gasteiger partial charge in [-0.3, -0.25) is 0 Å². The van der Waals surface area contributed by atoms with E-state index in [2.05, 4.69) is 48.9 Å². The van der Waals surface area contributed by atoms with Crippen molar-refractivity contribution < 1.29 is 0 Å². The summed E-state index contributed by atoms with van der Waals surface area (Å²) in [7, 11) is 0. The number of nitrogens with zero attached hydrogens (tertiary/aromatic N) is 4. The van der Waals surface area contributed by atoms with E-state index < -0.39 is 0 Å². The van der Waals surface area contributed by atoms with Gasteiger partial charge in [0.25, 0.3) is 0 Å². The van der Waals surface area contributed by atoms with Crippen LogP contribution >= 0.6 is 27.5 Å². The molecule has 0 spiro atoms. The lowest BCUT2D eigenvalue weighted by Crippen LogP contribution is -2.28. The first-order chi connectivity index (χ1) is 11.2. The maximum Gasteiger partial charge on any atom is 0.243 e. The van der Waals surface area contributed by atoms with Crippen molar-refractivity contribution in [3.8, 4) is 0 Å². The molecule has 116 valence electrons. The van der Waals surface area contributed by atoms with Crippen LogP contribution in [0.2, 0.25) is 5.02 Å². The minimum absolute atomic E-state index is 0.0926. The first-order valence-corrected chi connectivity index (χ1v) is 8.43. The fraction of sp³-hybridized carbons (Fsp3) is 0.188. The first kappa shape index (κ1) is 14.7. The Morgan fingerprint density at radius 2 is 1.74 bits per heavy atom. The normalized spacial score (nSPS) is 19.9. The van der Waals surface area contributed by atoms with Gasteiger partial charge in [0.15, 0.2) is 0 Å². The molecule has 0 saturated heterocycles. The lowest BCUT2D eigenvalue weighted by atomic mass is 9.93. The number of fused-ring (bicyclic) bond motifs is 1. The zero-order valence-corrected chi connectivity index (χ0v) is 14.4. The predicted octanol–water partition coefficient (Wildman–Crippen LogP) is 4.24. The summed E-state index contributed by atoms with van der Waals surface area (Å²) in [6, 6.07) is 16.4. The highest BCUT2D eigenvalue weighted by atomic mass is 79.9. The molecule has 1 aliphatic heterocycles. The molecule has 7 heteroatoms. The number of nitrogens with one attached hydrogen (secondary N) is 1. The van der Waals surface area contributed by atoms with Gasteiger partial charge in [0.1, 0.15) is 0 Å². The minimum atomic E-state index is 0.0926. The maximum absolute atomic E-state index is 5.99. The quantitative estimate of drug-likeness (QED) is 0.711. The zero-order valence-electron chi connectivity index (χ0n) is 12.0. The summed E-state index contributed by atoms with van der Waals surface area (Å²) in [5.74, 6) is 0.684. The van der Waals surface area contributed by atoms with E-state index in [9.17, 15) is 0 Å². The molecule has 1 aliphatic rings. The van der Waals surface area contributed by atoms with Crippen molar-refractivity contribution in [1.82, 2.24) is 20.2 Å². The summed E-state index contributed by atoms with van der Waals surface area (Å²) in [6.45, 7) is 0. The van der Waals surface area contributed by atoms with Gasteiger partial charge in [0, 0.05) is 9.50 Å². The van der Waals surface area contributed by atoms with Crippen molar-refractivity contribution in [2.45, 2.75) is 18.5 Å². The smallest absolute Gasteiger partial charge is 0.243 e. The molecule has 1 N–H and O–H groups in total. The van der Waals surface area contributed by atoms with Gasteiger partial charge in [0.2, 0.25) is 5.95 Å². The van der Waals surface area contributed by atoms with E-state index in [1.807, 2.05) is 41.1 Å². The second-order valence-corrected chi connectivity index (χ2v) is 6.85. The Morgan fingerprint density at radius 1 is 1.04 bits per heavy atom. The van der Waals surface area contributed by atoms with Crippen molar-refractivity contribution in [2.75, 3.05) is 5.32 Å². The highest BCUT2D eigenvalue weighted by Crippen LogP contribution is 2.37. The van der Waals surface area contributed by atoms with Crippen molar-refractivity contribution in [2.24, 2.45) is 0 Å². The lowest BCUT2D eigenvalue weighted by Gasteiger charge is -2.31. The van der Waals surface area contributed by atoms with E-state index in [-0.39, 0.29) is 12.1 Å². The van der Waals surface area contributed by atoms with Crippen molar-refractivity contribution >= 4 is 33.5 Å². The SMILES string of the molecule is Clc1ccc([C@H]2C[C@H](c3ccc(Br)cc3)n3nnnc3N2)cc1. The van der Waals surface area contributed by atoms with Crippen LogP contribution in [0.25, 0.3) is 0 Å². The van der Waals surface area contributed by atoms with Crippen LogP contribution in [0.1, 0.15) is 29.6 Å². The van der Waals surface area contributed by atoms with Gasteiger partial charge in [-0.05, 0) is 52.2 Å². The van der Waals surface area contributed by atoms with Crippen LogP contribution in [-0.2, 0) is 0 Å². The van der Waals surface area contributed by atoms with Crippen molar-refractivity contribution in [3.63, 3.8) is 0 Å². The third kappa shape index (κ3) is 2.84. The molecule has 2 aromatic carbocycles. The Labute approximate surface area is 146 Å². The Hall–Kier alpha value is -1.92. The van der Waals surface area contributed by atoms with Crippen LogP contribution in [0, 0.1) is 0 Å². The molecule has 2 atom stereocenters. The summed E-state index contributed by atoms with van der Waals surface area (Å²) < 4.78 is 2.90. The molecule has 0 radical (unpaired) electrons. The summed E-state index contributed by atoms with van der Waals surface area (Å²) in [5.41, 5.74) is 2.35. The summed E-state index contributed by atoms with van der Waals surface area (Å²) in [4.78, 5) is 0. The Balaban J connectivity index is 1.71. The summed E-state index contributed by atoms with van der Waals surface area (Å²) in [5, 5.41) is 16.2. The van der Waals surface area contributed by atoms with E-state index in [4.69, 9.17) is 11.6 Å². The Bertz CT molecular complexity index is 815. The van der Waals surface area contributed by atoms with E-state index in [1.165, 1.54) is 11.1 Å². The van der Waals surface area contributed by atoms with Crippen LogP contribution in [0.3, 0.4) is 0 Å². The topological polar surface area (TPSA) is 55.6 Å². The predicted molar refractivity (Wildman–Crippen MR) is 92.5 cm³/mol. The monoisotopic (exact) mass is 389 g/mol. The first-order valence-electron chi connectivity index (χ1n) is 7.26. The van der Waals surface area contributed by atoms with Crippen LogP contribution in [0.4, 0.5) is 5.95 Å². The number of hydrogen-bond donors (Lipinski definition) is 1. The van der Waals surface area contributed by atoms with Crippen LogP contribution in [0.15, 0.2) is 53.0 Å². The number of tetrazole rings is 1. The second kappa shape index (κ2) is 5.94. The standard InChI is InChI=1S/C16H13BrClN5/c17-12-5-1-11(2-6-12)15-9-14(10-3-7-13(18)8-4-10)19-16-20-21-22-23(15)16/h1-8,14-15H,9H2,(H,19,20,22)/t14-,15-/m1/s1. The molecular weight excluding hydrogens is 378 g/mol. The van der Waals surface area contributed by atoms with Crippen LogP contribution in [-0.4, -0.2) is 20.2 Å². The molecule has 3 aromatic rings. The van der Waals surface area contributed by atoms with E-state index in [0.717, 1.165) is 15.9 Å². The fourth-order valence-corrected chi connectivity index (χ4v) is 3.30. The third-order valence-corrected chi connectivity index (χ3v) is 4.86. The van der Waals surface area contributed by atoms with E-state index in [1.54, 1.807) is 0 Å². The molecule has 2 heterocycles. The number of rotatable bonds is 2. The van der Waals surface area contributed by atoms with E-state index >= 15 is 0 Å². The highest BCUT2D eigenvalue weighted by Gasteiger charge is 2.30. The maximum atomic E-state index is 5.99. The van der Waals surface area contributed by atoms with Gasteiger partial charge in [0.05, 0.1) is 12.1 Å². The number of aromatic nitrogens is 4. The molecule has 0 unspecified atom stereocenters. The summed E-state index contributed by atoms with van der Waals surface area (Å²) >= 11 is 9.47. The molecule has 0 amide bonds. The number of benzene rings is 2. The number of anilines is 1.